The Bertz CT molecular complexity index is 1040. The van der Waals surface area contributed by atoms with Crippen LogP contribution in [0, 0.1) is 13.8 Å². The van der Waals surface area contributed by atoms with E-state index < -0.39 is 0 Å². The van der Waals surface area contributed by atoms with Gasteiger partial charge in [0.15, 0.2) is 0 Å². The molecular formula is C21H23N3O2S. The third-order valence-electron chi connectivity index (χ3n) is 4.35. The summed E-state index contributed by atoms with van der Waals surface area (Å²) in [5, 5.41) is 3.02. The zero-order valence-corrected chi connectivity index (χ0v) is 16.6. The number of thioether (sulfide) groups is 1. The average Bonchev–Trinajstić information content (AvgIpc) is 2.64. The quantitative estimate of drug-likeness (QED) is 0.706. The van der Waals surface area contributed by atoms with Crippen LogP contribution in [0.15, 0.2) is 47.4 Å². The summed E-state index contributed by atoms with van der Waals surface area (Å²) in [6.07, 6.45) is 2.65. The van der Waals surface area contributed by atoms with Crippen LogP contribution in [0.3, 0.4) is 0 Å². The number of hydrogen-bond donors (Lipinski definition) is 1. The summed E-state index contributed by atoms with van der Waals surface area (Å²) in [5.41, 5.74) is 5.32. The molecule has 0 atom stereocenters. The number of carbonyl (C=O) groups is 1. The van der Waals surface area contributed by atoms with Crippen molar-refractivity contribution in [1.82, 2.24) is 9.38 Å². The monoisotopic (exact) mass is 381 g/mol. The minimum Gasteiger partial charge on any atom is -0.325 e. The van der Waals surface area contributed by atoms with Gasteiger partial charge < -0.3 is 5.32 Å². The second-order valence-electron chi connectivity index (χ2n) is 6.52. The molecule has 3 rings (SSSR count). The van der Waals surface area contributed by atoms with Crippen LogP contribution in [-0.4, -0.2) is 21.0 Å². The molecule has 2 aromatic heterocycles. The highest BCUT2D eigenvalue weighted by Crippen LogP contribution is 2.21. The Hall–Kier alpha value is -2.60. The Labute approximate surface area is 162 Å². The molecule has 0 unspecified atom stereocenters. The van der Waals surface area contributed by atoms with Gasteiger partial charge in [-0.15, -0.1) is 11.8 Å². The number of anilines is 1. The van der Waals surface area contributed by atoms with Crippen molar-refractivity contribution in [2.45, 2.75) is 32.9 Å². The molecule has 0 aliphatic heterocycles. The van der Waals surface area contributed by atoms with Crippen molar-refractivity contribution in [2.24, 2.45) is 0 Å². The van der Waals surface area contributed by atoms with Crippen LogP contribution in [0.1, 0.15) is 29.3 Å². The van der Waals surface area contributed by atoms with E-state index in [9.17, 15) is 9.59 Å². The normalized spacial score (nSPS) is 10.9. The fourth-order valence-electron chi connectivity index (χ4n) is 2.96. The molecule has 0 bridgehead atoms. The molecule has 0 radical (unpaired) electrons. The number of amides is 1. The Morgan fingerprint density at radius 2 is 2.04 bits per heavy atom. The fraction of sp³-hybridized carbons (Fsp3) is 0.286. The lowest BCUT2D eigenvalue weighted by molar-refractivity contribution is -0.113. The van der Waals surface area contributed by atoms with Crippen LogP contribution in [0.25, 0.3) is 5.65 Å². The molecule has 0 saturated carbocycles. The number of carbonyl (C=O) groups excluding carboxylic acids is 1. The number of pyridine rings is 1. The van der Waals surface area contributed by atoms with Crippen molar-refractivity contribution in [2.75, 3.05) is 11.1 Å². The van der Waals surface area contributed by atoms with Gasteiger partial charge in [-0.3, -0.25) is 14.0 Å². The summed E-state index contributed by atoms with van der Waals surface area (Å²) in [5.74, 6) is 0.783. The van der Waals surface area contributed by atoms with Gasteiger partial charge in [-0.1, -0.05) is 31.2 Å². The third kappa shape index (κ3) is 4.57. The van der Waals surface area contributed by atoms with Gasteiger partial charge in [0.25, 0.3) is 5.56 Å². The Balaban J connectivity index is 1.63. The molecule has 2 heterocycles. The van der Waals surface area contributed by atoms with Gasteiger partial charge >= 0.3 is 0 Å². The predicted octanol–water partition coefficient (Wildman–Crippen LogP) is 3.75. The molecule has 1 N–H and O–H groups in total. The predicted molar refractivity (Wildman–Crippen MR) is 112 cm³/mol. The van der Waals surface area contributed by atoms with Crippen LogP contribution in [0.5, 0.6) is 0 Å². The lowest BCUT2D eigenvalue weighted by atomic mass is 10.1. The smallest absolute Gasteiger partial charge is 0.258 e. The summed E-state index contributed by atoms with van der Waals surface area (Å²) in [7, 11) is 0. The topological polar surface area (TPSA) is 63.5 Å². The fourth-order valence-corrected chi connectivity index (χ4v) is 3.67. The summed E-state index contributed by atoms with van der Waals surface area (Å²) in [4.78, 5) is 29.1. The van der Waals surface area contributed by atoms with E-state index in [1.807, 2.05) is 44.2 Å². The number of aryl methyl sites for hydroxylation is 3. The van der Waals surface area contributed by atoms with Gasteiger partial charge in [0.2, 0.25) is 5.91 Å². The van der Waals surface area contributed by atoms with Gasteiger partial charge in [-0.05, 0) is 43.0 Å². The number of fused-ring (bicyclic) bond motifs is 1. The van der Waals surface area contributed by atoms with Crippen molar-refractivity contribution in [3.05, 3.63) is 75.3 Å². The van der Waals surface area contributed by atoms with Crippen molar-refractivity contribution >= 4 is 29.0 Å². The molecule has 0 fully saturated rings. The van der Waals surface area contributed by atoms with Gasteiger partial charge in [-0.25, -0.2) is 4.98 Å². The first kappa shape index (κ1) is 19.2. The first-order valence-electron chi connectivity index (χ1n) is 8.93. The first-order valence-corrected chi connectivity index (χ1v) is 10.1. The van der Waals surface area contributed by atoms with E-state index in [1.54, 1.807) is 10.6 Å². The largest absolute Gasteiger partial charge is 0.325 e. The standard InChI is InChI=1S/C21H23N3O2S/c1-4-16-7-5-6-15(3)21(16)23-19(25)13-27-12-17-10-20(26)24-11-14(2)8-9-18(24)22-17/h5-11H,4,12-13H2,1-3H3,(H,23,25). The molecule has 0 aliphatic rings. The lowest BCUT2D eigenvalue weighted by Crippen LogP contribution is -2.17. The van der Waals surface area contributed by atoms with Crippen LogP contribution in [0.2, 0.25) is 0 Å². The van der Waals surface area contributed by atoms with Crippen molar-refractivity contribution in [3.63, 3.8) is 0 Å². The number of rotatable bonds is 6. The van der Waals surface area contributed by atoms with E-state index in [4.69, 9.17) is 0 Å². The first-order chi connectivity index (χ1) is 13.0. The van der Waals surface area contributed by atoms with E-state index in [1.165, 1.54) is 17.8 Å². The molecular weight excluding hydrogens is 358 g/mol. The molecule has 3 aromatic rings. The van der Waals surface area contributed by atoms with Gasteiger partial charge in [-0.2, -0.15) is 0 Å². The summed E-state index contributed by atoms with van der Waals surface area (Å²) in [6, 6.07) is 11.3. The number of nitrogens with zero attached hydrogens (tertiary/aromatic N) is 2. The van der Waals surface area contributed by atoms with E-state index in [-0.39, 0.29) is 11.5 Å². The highest BCUT2D eigenvalue weighted by molar-refractivity contribution is 7.99. The van der Waals surface area contributed by atoms with Crippen molar-refractivity contribution in [3.8, 4) is 0 Å². The highest BCUT2D eigenvalue weighted by atomic mass is 32.2. The van der Waals surface area contributed by atoms with Crippen LogP contribution >= 0.6 is 11.8 Å². The highest BCUT2D eigenvalue weighted by Gasteiger charge is 2.10. The zero-order valence-electron chi connectivity index (χ0n) is 15.8. The molecule has 140 valence electrons. The molecule has 1 amide bonds. The third-order valence-corrected chi connectivity index (χ3v) is 5.31. The molecule has 1 aromatic carbocycles. The maximum atomic E-state index is 12.3. The molecule has 27 heavy (non-hydrogen) atoms. The zero-order chi connectivity index (χ0) is 19.4. The SMILES string of the molecule is CCc1cccc(C)c1NC(=O)CSCc1cc(=O)n2cc(C)ccc2n1. The van der Waals surface area contributed by atoms with Crippen LogP contribution < -0.4 is 10.9 Å². The van der Waals surface area contributed by atoms with Crippen LogP contribution in [0.4, 0.5) is 5.69 Å². The number of nitrogens with one attached hydrogen (secondary N) is 1. The Morgan fingerprint density at radius 1 is 1.22 bits per heavy atom. The molecule has 0 saturated heterocycles. The van der Waals surface area contributed by atoms with Crippen molar-refractivity contribution in [1.29, 1.82) is 0 Å². The van der Waals surface area contributed by atoms with E-state index in [0.29, 0.717) is 22.8 Å². The van der Waals surface area contributed by atoms with Gasteiger partial charge in [0.05, 0.1) is 11.4 Å². The molecule has 6 heteroatoms. The number of hydrogen-bond acceptors (Lipinski definition) is 4. The second-order valence-corrected chi connectivity index (χ2v) is 7.51. The lowest BCUT2D eigenvalue weighted by Gasteiger charge is -2.12. The van der Waals surface area contributed by atoms with Crippen molar-refractivity contribution < 1.29 is 4.79 Å². The molecule has 0 spiro atoms. The Kier molecular flexibility index (Phi) is 5.96. The number of para-hydroxylation sites is 1. The van der Waals surface area contributed by atoms with Crippen LogP contribution in [-0.2, 0) is 17.0 Å². The Morgan fingerprint density at radius 3 is 2.81 bits per heavy atom. The number of benzene rings is 1. The molecule has 0 aliphatic carbocycles. The minimum absolute atomic E-state index is 0.0443. The molecule has 5 nitrogen and oxygen atoms in total. The summed E-state index contributed by atoms with van der Waals surface area (Å²) in [6.45, 7) is 6.01. The second kappa shape index (κ2) is 8.39. The summed E-state index contributed by atoms with van der Waals surface area (Å²) >= 11 is 1.45. The maximum absolute atomic E-state index is 12.3. The summed E-state index contributed by atoms with van der Waals surface area (Å²) < 4.78 is 1.54. The van der Waals surface area contributed by atoms with Gasteiger partial charge in [0.1, 0.15) is 5.65 Å². The van der Waals surface area contributed by atoms with E-state index in [0.717, 1.165) is 28.8 Å². The van der Waals surface area contributed by atoms with E-state index >= 15 is 0 Å². The number of aromatic nitrogens is 2. The minimum atomic E-state index is -0.101. The maximum Gasteiger partial charge on any atom is 0.258 e. The average molecular weight is 382 g/mol. The van der Waals surface area contributed by atoms with Gasteiger partial charge in [0, 0.05) is 23.7 Å². The van der Waals surface area contributed by atoms with E-state index in [2.05, 4.69) is 17.2 Å².